The van der Waals surface area contributed by atoms with Crippen LogP contribution in [0.2, 0.25) is 0 Å². The molecule has 2 N–H and O–H groups in total. The number of β-amino-alcohol motifs (C(OH)–C–C–N with tert-alkyl or cyclic N) is 1. The van der Waals surface area contributed by atoms with Crippen molar-refractivity contribution in [1.29, 1.82) is 0 Å². The molecule has 148 valence electrons. The first kappa shape index (κ1) is 18.4. The van der Waals surface area contributed by atoms with Gasteiger partial charge in [-0.1, -0.05) is 25.3 Å². The van der Waals surface area contributed by atoms with Crippen molar-refractivity contribution in [3.05, 3.63) is 23.8 Å². The number of fused-ring (bicyclic) bond motifs is 1. The van der Waals surface area contributed by atoms with E-state index in [1.54, 1.807) is 0 Å². The van der Waals surface area contributed by atoms with Gasteiger partial charge in [-0.3, -0.25) is 4.99 Å². The average Bonchev–Trinajstić information content (AvgIpc) is 3.34. The molecule has 1 aromatic carbocycles. The molecule has 6 nitrogen and oxygen atoms in total. The third-order valence-electron chi connectivity index (χ3n) is 6.12. The molecule has 1 atom stereocenters. The number of hydrogen-bond acceptors (Lipinski definition) is 4. The summed E-state index contributed by atoms with van der Waals surface area (Å²) in [6, 6.07) is 6.40. The molecule has 1 saturated heterocycles. The van der Waals surface area contributed by atoms with Crippen LogP contribution in [0.4, 0.5) is 0 Å². The van der Waals surface area contributed by atoms with E-state index in [-0.39, 0.29) is 11.5 Å². The standard InChI is InChI=1S/C21H31N3O3/c1-2-22-20(24-11-8-17(25)13-24)23-14-21(9-4-3-5-10-21)16-6-7-18-19(12-16)27-15-26-18/h6-7,12,17,25H,2-5,8-11,13-15H2,1H3,(H,22,23)/t17-/m1/s1. The molecule has 1 aliphatic carbocycles. The number of aliphatic hydroxyl groups excluding tert-OH is 1. The van der Waals surface area contributed by atoms with Crippen LogP contribution in [-0.2, 0) is 5.41 Å². The van der Waals surface area contributed by atoms with Gasteiger partial charge in [0.25, 0.3) is 0 Å². The molecule has 0 radical (unpaired) electrons. The number of ether oxygens (including phenoxy) is 2. The fourth-order valence-corrected chi connectivity index (χ4v) is 4.58. The monoisotopic (exact) mass is 373 g/mol. The minimum Gasteiger partial charge on any atom is -0.454 e. The highest BCUT2D eigenvalue weighted by atomic mass is 16.7. The first-order valence-electron chi connectivity index (χ1n) is 10.3. The summed E-state index contributed by atoms with van der Waals surface area (Å²) < 4.78 is 11.1. The highest BCUT2D eigenvalue weighted by Gasteiger charge is 2.35. The van der Waals surface area contributed by atoms with Gasteiger partial charge in [0.05, 0.1) is 12.6 Å². The summed E-state index contributed by atoms with van der Waals surface area (Å²) in [6.45, 7) is 5.54. The van der Waals surface area contributed by atoms with E-state index in [1.807, 2.05) is 6.07 Å². The highest BCUT2D eigenvalue weighted by Crippen LogP contribution is 2.43. The fourth-order valence-electron chi connectivity index (χ4n) is 4.58. The molecular formula is C21H31N3O3. The Balaban J connectivity index is 1.59. The lowest BCUT2D eigenvalue weighted by atomic mass is 9.69. The number of rotatable bonds is 4. The Morgan fingerprint density at radius 3 is 2.81 bits per heavy atom. The summed E-state index contributed by atoms with van der Waals surface area (Å²) in [5, 5.41) is 13.3. The van der Waals surface area contributed by atoms with E-state index in [4.69, 9.17) is 14.5 Å². The van der Waals surface area contributed by atoms with Crippen LogP contribution in [0.25, 0.3) is 0 Å². The predicted molar refractivity (Wildman–Crippen MR) is 106 cm³/mol. The Morgan fingerprint density at radius 1 is 1.26 bits per heavy atom. The maximum atomic E-state index is 9.90. The van der Waals surface area contributed by atoms with E-state index in [0.717, 1.165) is 56.4 Å². The summed E-state index contributed by atoms with van der Waals surface area (Å²) >= 11 is 0. The Bertz CT molecular complexity index is 685. The normalized spacial score (nSPS) is 24.3. The van der Waals surface area contributed by atoms with E-state index >= 15 is 0 Å². The first-order valence-corrected chi connectivity index (χ1v) is 10.3. The average molecular weight is 373 g/mol. The number of aliphatic imine (C=N–C) groups is 1. The number of nitrogens with zero attached hydrogens (tertiary/aromatic N) is 2. The van der Waals surface area contributed by atoms with Crippen LogP contribution in [0.15, 0.2) is 23.2 Å². The van der Waals surface area contributed by atoms with Crippen LogP contribution in [0, 0.1) is 0 Å². The Hall–Kier alpha value is -1.95. The number of nitrogens with one attached hydrogen (secondary N) is 1. The summed E-state index contributed by atoms with van der Waals surface area (Å²) in [5.41, 5.74) is 1.37. The lowest BCUT2D eigenvalue weighted by molar-refractivity contribution is 0.173. The van der Waals surface area contributed by atoms with Gasteiger partial charge in [-0.05, 0) is 43.9 Å². The van der Waals surface area contributed by atoms with Crippen LogP contribution in [0.5, 0.6) is 11.5 Å². The van der Waals surface area contributed by atoms with Crippen molar-refractivity contribution >= 4 is 5.96 Å². The molecule has 4 rings (SSSR count). The smallest absolute Gasteiger partial charge is 0.231 e. The second-order valence-electron chi connectivity index (χ2n) is 7.97. The van der Waals surface area contributed by atoms with Gasteiger partial charge in [0.2, 0.25) is 6.79 Å². The van der Waals surface area contributed by atoms with Crippen LogP contribution in [-0.4, -0.2) is 55.0 Å². The third-order valence-corrected chi connectivity index (χ3v) is 6.12. The topological polar surface area (TPSA) is 66.3 Å². The zero-order valence-electron chi connectivity index (χ0n) is 16.2. The van der Waals surface area contributed by atoms with Crippen LogP contribution >= 0.6 is 0 Å². The molecular weight excluding hydrogens is 342 g/mol. The van der Waals surface area contributed by atoms with E-state index in [9.17, 15) is 5.11 Å². The summed E-state index contributed by atoms with van der Waals surface area (Å²) in [7, 11) is 0. The third kappa shape index (κ3) is 3.86. The van der Waals surface area contributed by atoms with Crippen molar-refractivity contribution in [2.24, 2.45) is 4.99 Å². The molecule has 1 aromatic rings. The minimum absolute atomic E-state index is 0.0538. The van der Waals surface area contributed by atoms with Crippen molar-refractivity contribution in [3.63, 3.8) is 0 Å². The lowest BCUT2D eigenvalue weighted by Crippen LogP contribution is -2.42. The zero-order chi connectivity index (χ0) is 18.7. The fraction of sp³-hybridized carbons (Fsp3) is 0.667. The van der Waals surface area contributed by atoms with E-state index in [2.05, 4.69) is 29.3 Å². The first-order chi connectivity index (χ1) is 13.2. The van der Waals surface area contributed by atoms with Crippen molar-refractivity contribution in [3.8, 4) is 11.5 Å². The van der Waals surface area contributed by atoms with Gasteiger partial charge in [-0.2, -0.15) is 0 Å². The quantitative estimate of drug-likeness (QED) is 0.627. The lowest BCUT2D eigenvalue weighted by Gasteiger charge is -2.37. The predicted octanol–water partition coefficient (Wildman–Crippen LogP) is 2.65. The summed E-state index contributed by atoms with van der Waals surface area (Å²) in [6.07, 6.45) is 6.65. The second kappa shape index (κ2) is 7.97. The second-order valence-corrected chi connectivity index (χ2v) is 7.97. The van der Waals surface area contributed by atoms with Crippen molar-refractivity contribution in [2.75, 3.05) is 33.0 Å². The summed E-state index contributed by atoms with van der Waals surface area (Å²) in [4.78, 5) is 7.23. The van der Waals surface area contributed by atoms with Gasteiger partial charge in [-0.15, -0.1) is 0 Å². The molecule has 2 fully saturated rings. The number of aliphatic hydroxyl groups is 1. The SMILES string of the molecule is CCNC(=NCC1(c2ccc3c(c2)OCO3)CCCCC1)N1CC[C@@H](O)C1. The largest absolute Gasteiger partial charge is 0.454 e. The molecule has 0 unspecified atom stereocenters. The Labute approximate surface area is 161 Å². The maximum Gasteiger partial charge on any atom is 0.231 e. The Kier molecular flexibility index (Phi) is 5.43. The van der Waals surface area contributed by atoms with E-state index < -0.39 is 0 Å². The molecule has 3 aliphatic rings. The zero-order valence-corrected chi connectivity index (χ0v) is 16.2. The summed E-state index contributed by atoms with van der Waals surface area (Å²) in [5.74, 6) is 2.63. The minimum atomic E-state index is -0.244. The molecule has 0 spiro atoms. The van der Waals surface area contributed by atoms with Crippen LogP contribution < -0.4 is 14.8 Å². The van der Waals surface area contributed by atoms with Gasteiger partial charge < -0.3 is 24.8 Å². The number of hydrogen-bond donors (Lipinski definition) is 2. The van der Waals surface area contributed by atoms with Crippen LogP contribution in [0.3, 0.4) is 0 Å². The highest BCUT2D eigenvalue weighted by molar-refractivity contribution is 5.80. The van der Waals surface area contributed by atoms with Gasteiger partial charge >= 0.3 is 0 Å². The maximum absolute atomic E-state index is 9.90. The molecule has 6 heteroatoms. The molecule has 0 aromatic heterocycles. The van der Waals surface area contributed by atoms with Gasteiger partial charge in [0, 0.05) is 25.0 Å². The van der Waals surface area contributed by atoms with Crippen LogP contribution in [0.1, 0.15) is 51.0 Å². The van der Waals surface area contributed by atoms with Gasteiger partial charge in [0.15, 0.2) is 17.5 Å². The van der Waals surface area contributed by atoms with Crippen molar-refractivity contribution < 1.29 is 14.6 Å². The van der Waals surface area contributed by atoms with Crippen molar-refractivity contribution in [2.45, 2.75) is 57.0 Å². The Morgan fingerprint density at radius 2 is 2.07 bits per heavy atom. The number of guanidine groups is 1. The number of likely N-dealkylation sites (tertiary alicyclic amines) is 1. The molecule has 27 heavy (non-hydrogen) atoms. The van der Waals surface area contributed by atoms with Crippen molar-refractivity contribution in [1.82, 2.24) is 10.2 Å². The number of benzene rings is 1. The molecule has 0 amide bonds. The molecule has 2 heterocycles. The van der Waals surface area contributed by atoms with Gasteiger partial charge in [0.1, 0.15) is 0 Å². The molecule has 1 saturated carbocycles. The van der Waals surface area contributed by atoms with E-state index in [0.29, 0.717) is 13.3 Å². The van der Waals surface area contributed by atoms with E-state index in [1.165, 1.54) is 24.8 Å². The van der Waals surface area contributed by atoms with Gasteiger partial charge in [-0.25, -0.2) is 0 Å². The molecule has 2 aliphatic heterocycles. The molecule has 0 bridgehead atoms.